The van der Waals surface area contributed by atoms with Crippen molar-refractivity contribution in [2.24, 2.45) is 0 Å². The minimum absolute atomic E-state index is 0.0563. The number of aromatic amines is 1. The van der Waals surface area contributed by atoms with Crippen LogP contribution in [0.2, 0.25) is 0 Å². The van der Waals surface area contributed by atoms with Gasteiger partial charge in [0.05, 0.1) is 4.90 Å². The molecule has 0 unspecified atom stereocenters. The van der Waals surface area contributed by atoms with Gasteiger partial charge in [-0.05, 0) is 25.0 Å². The highest BCUT2D eigenvalue weighted by molar-refractivity contribution is 7.89. The van der Waals surface area contributed by atoms with Crippen LogP contribution in [0.5, 0.6) is 0 Å². The Labute approximate surface area is 142 Å². The average molecular weight is 347 g/mol. The third kappa shape index (κ3) is 3.27. The first-order chi connectivity index (χ1) is 11.5. The van der Waals surface area contributed by atoms with Crippen molar-refractivity contribution < 1.29 is 13.2 Å². The van der Waals surface area contributed by atoms with E-state index in [2.05, 4.69) is 9.97 Å². The van der Waals surface area contributed by atoms with Gasteiger partial charge in [0.1, 0.15) is 5.82 Å². The van der Waals surface area contributed by atoms with Crippen LogP contribution in [0.1, 0.15) is 48.3 Å². The molecule has 0 amide bonds. The SMILES string of the molecule is CCC(=O)c1cccc(S(=O)(=O)N2CCC[C@H](c3ncc[nH]3)C2)c1. The number of ketones is 1. The van der Waals surface area contributed by atoms with Gasteiger partial charge in [-0.1, -0.05) is 19.1 Å². The van der Waals surface area contributed by atoms with Gasteiger partial charge in [-0.2, -0.15) is 4.31 Å². The van der Waals surface area contributed by atoms with Gasteiger partial charge in [0, 0.05) is 43.4 Å². The van der Waals surface area contributed by atoms with Crippen LogP contribution >= 0.6 is 0 Å². The Morgan fingerprint density at radius 1 is 1.42 bits per heavy atom. The fraction of sp³-hybridized carbons (Fsp3) is 0.412. The first-order valence-corrected chi connectivity index (χ1v) is 9.59. The van der Waals surface area contributed by atoms with Gasteiger partial charge >= 0.3 is 0 Å². The lowest BCUT2D eigenvalue weighted by Gasteiger charge is -2.31. The molecule has 0 radical (unpaired) electrons. The quantitative estimate of drug-likeness (QED) is 0.843. The molecule has 24 heavy (non-hydrogen) atoms. The maximum atomic E-state index is 12.9. The van der Waals surface area contributed by atoms with Crippen molar-refractivity contribution in [1.82, 2.24) is 14.3 Å². The van der Waals surface area contributed by atoms with E-state index >= 15 is 0 Å². The van der Waals surface area contributed by atoms with Crippen molar-refractivity contribution in [2.75, 3.05) is 13.1 Å². The lowest BCUT2D eigenvalue weighted by molar-refractivity contribution is 0.0988. The van der Waals surface area contributed by atoms with E-state index in [4.69, 9.17) is 0 Å². The van der Waals surface area contributed by atoms with Crippen LogP contribution < -0.4 is 0 Å². The van der Waals surface area contributed by atoms with Crippen LogP contribution in [0, 0.1) is 0 Å². The van der Waals surface area contributed by atoms with Gasteiger partial charge in [0.25, 0.3) is 0 Å². The van der Waals surface area contributed by atoms with Crippen molar-refractivity contribution in [1.29, 1.82) is 0 Å². The summed E-state index contributed by atoms with van der Waals surface area (Å²) < 4.78 is 27.4. The van der Waals surface area contributed by atoms with Crippen LogP contribution in [0.25, 0.3) is 0 Å². The number of sulfonamides is 1. The average Bonchev–Trinajstić information content (AvgIpc) is 3.16. The predicted molar refractivity (Wildman–Crippen MR) is 90.4 cm³/mol. The molecule has 128 valence electrons. The molecule has 6 nitrogen and oxygen atoms in total. The second-order valence-electron chi connectivity index (χ2n) is 5.98. The molecule has 3 rings (SSSR count). The Morgan fingerprint density at radius 2 is 2.25 bits per heavy atom. The van der Waals surface area contributed by atoms with E-state index in [-0.39, 0.29) is 16.6 Å². The highest BCUT2D eigenvalue weighted by atomic mass is 32.2. The molecule has 7 heteroatoms. The molecule has 1 aromatic carbocycles. The maximum Gasteiger partial charge on any atom is 0.243 e. The number of imidazole rings is 1. The summed E-state index contributed by atoms with van der Waals surface area (Å²) in [6, 6.07) is 6.33. The molecule has 0 saturated carbocycles. The Hall–Kier alpha value is -1.99. The number of benzene rings is 1. The normalized spacial score (nSPS) is 19.3. The van der Waals surface area contributed by atoms with Crippen LogP contribution in [0.4, 0.5) is 0 Å². The Bertz CT molecular complexity index is 815. The summed E-state index contributed by atoms with van der Waals surface area (Å²) in [7, 11) is -3.61. The third-order valence-electron chi connectivity index (χ3n) is 4.41. The van der Waals surface area contributed by atoms with Crippen LogP contribution in [0.15, 0.2) is 41.6 Å². The number of carbonyl (C=O) groups is 1. The van der Waals surface area contributed by atoms with Crippen molar-refractivity contribution in [2.45, 2.75) is 37.0 Å². The van der Waals surface area contributed by atoms with E-state index < -0.39 is 10.0 Å². The standard InChI is InChI=1S/C17H21N3O3S/c1-2-16(21)13-5-3-7-15(11-13)24(22,23)20-10-4-6-14(12-20)17-18-8-9-19-17/h3,5,7-9,11,14H,2,4,6,10,12H2,1H3,(H,18,19)/t14-/m0/s1. The molecule has 1 aromatic heterocycles. The Kier molecular flexibility index (Phi) is 4.82. The largest absolute Gasteiger partial charge is 0.348 e. The fourth-order valence-electron chi connectivity index (χ4n) is 3.07. The number of nitrogens with one attached hydrogen (secondary N) is 1. The number of H-pyrrole nitrogens is 1. The van der Waals surface area contributed by atoms with Crippen molar-refractivity contribution in [3.8, 4) is 0 Å². The second kappa shape index (κ2) is 6.86. The van der Waals surface area contributed by atoms with Crippen LogP contribution in [-0.4, -0.2) is 41.6 Å². The lowest BCUT2D eigenvalue weighted by Crippen LogP contribution is -2.39. The van der Waals surface area contributed by atoms with Gasteiger partial charge in [0.15, 0.2) is 5.78 Å². The minimum Gasteiger partial charge on any atom is -0.348 e. The van der Waals surface area contributed by atoms with E-state index in [0.29, 0.717) is 25.1 Å². The molecule has 2 heterocycles. The molecule has 1 saturated heterocycles. The summed E-state index contributed by atoms with van der Waals surface area (Å²) in [5.74, 6) is 0.841. The number of hydrogen-bond donors (Lipinski definition) is 1. The van der Waals surface area contributed by atoms with Gasteiger partial charge in [-0.15, -0.1) is 0 Å². The topological polar surface area (TPSA) is 83.1 Å². The molecule has 0 spiro atoms. The molecule has 1 aliphatic rings. The molecule has 2 aromatic rings. The number of Topliss-reactive ketones (excluding diaryl/α,β-unsaturated/α-hetero) is 1. The molecular formula is C17H21N3O3S. The lowest BCUT2D eigenvalue weighted by atomic mass is 9.99. The van der Waals surface area contributed by atoms with E-state index in [1.807, 2.05) is 0 Å². The highest BCUT2D eigenvalue weighted by Crippen LogP contribution is 2.28. The summed E-state index contributed by atoms with van der Waals surface area (Å²) in [4.78, 5) is 19.4. The summed E-state index contributed by atoms with van der Waals surface area (Å²) in [6.07, 6.45) is 5.49. The third-order valence-corrected chi connectivity index (χ3v) is 6.27. The summed E-state index contributed by atoms with van der Waals surface area (Å²) >= 11 is 0. The van der Waals surface area contributed by atoms with E-state index in [1.165, 1.54) is 10.4 Å². The first-order valence-electron chi connectivity index (χ1n) is 8.15. The van der Waals surface area contributed by atoms with E-state index in [0.717, 1.165) is 18.7 Å². The van der Waals surface area contributed by atoms with E-state index in [9.17, 15) is 13.2 Å². The van der Waals surface area contributed by atoms with Crippen LogP contribution in [0.3, 0.4) is 0 Å². The smallest absolute Gasteiger partial charge is 0.243 e. The number of aromatic nitrogens is 2. The van der Waals surface area contributed by atoms with E-state index in [1.54, 1.807) is 37.5 Å². The number of piperidine rings is 1. The number of rotatable bonds is 5. The van der Waals surface area contributed by atoms with Crippen molar-refractivity contribution in [3.63, 3.8) is 0 Å². The summed E-state index contributed by atoms with van der Waals surface area (Å²) in [6.45, 7) is 2.66. The van der Waals surface area contributed by atoms with Crippen molar-refractivity contribution >= 4 is 15.8 Å². The minimum atomic E-state index is -3.61. The summed E-state index contributed by atoms with van der Waals surface area (Å²) in [5, 5.41) is 0. The number of carbonyl (C=O) groups excluding carboxylic acids is 1. The molecule has 0 aliphatic carbocycles. The van der Waals surface area contributed by atoms with Crippen molar-refractivity contribution in [3.05, 3.63) is 48.0 Å². The summed E-state index contributed by atoms with van der Waals surface area (Å²) in [5.41, 5.74) is 0.443. The van der Waals surface area contributed by atoms with Gasteiger partial charge in [0.2, 0.25) is 10.0 Å². The van der Waals surface area contributed by atoms with Gasteiger partial charge in [-0.25, -0.2) is 13.4 Å². The van der Waals surface area contributed by atoms with Gasteiger partial charge < -0.3 is 4.98 Å². The molecule has 1 atom stereocenters. The molecule has 1 aliphatic heterocycles. The number of nitrogens with zero attached hydrogens (tertiary/aromatic N) is 2. The van der Waals surface area contributed by atoms with Crippen LogP contribution in [-0.2, 0) is 10.0 Å². The first kappa shape index (κ1) is 16.9. The zero-order valence-corrected chi connectivity index (χ0v) is 14.4. The highest BCUT2D eigenvalue weighted by Gasteiger charge is 2.32. The zero-order chi connectivity index (χ0) is 17.2. The molecular weight excluding hydrogens is 326 g/mol. The Morgan fingerprint density at radius 3 is 2.96 bits per heavy atom. The zero-order valence-electron chi connectivity index (χ0n) is 13.6. The van der Waals surface area contributed by atoms with Gasteiger partial charge in [-0.3, -0.25) is 4.79 Å². The monoisotopic (exact) mass is 347 g/mol. The second-order valence-corrected chi connectivity index (χ2v) is 7.92. The maximum absolute atomic E-state index is 12.9. The molecule has 0 bridgehead atoms. The predicted octanol–water partition coefficient (Wildman–Crippen LogP) is 2.57. The number of hydrogen-bond acceptors (Lipinski definition) is 4. The fourth-order valence-corrected chi connectivity index (χ4v) is 4.64. The Balaban J connectivity index is 1.86. The molecule has 1 N–H and O–H groups in total. The molecule has 1 fully saturated rings.